The number of hydrogen-bond donors (Lipinski definition) is 1. The summed E-state index contributed by atoms with van der Waals surface area (Å²) >= 11 is 0. The average molecular weight is 398 g/mol. The van der Waals surface area contributed by atoms with Gasteiger partial charge in [-0.3, -0.25) is 14.3 Å². The molecule has 7 heteroatoms. The molecule has 4 aromatic rings. The van der Waals surface area contributed by atoms with Gasteiger partial charge in [0.25, 0.3) is 0 Å². The Morgan fingerprint density at radius 1 is 1.03 bits per heavy atom. The quantitative estimate of drug-likeness (QED) is 0.374. The minimum Gasteiger partial charge on any atom is -0.494 e. The molecule has 0 radical (unpaired) electrons. The smallest absolute Gasteiger partial charge is 0.230 e. The third-order valence-corrected chi connectivity index (χ3v) is 4.77. The zero-order valence-electron chi connectivity index (χ0n) is 16.4. The number of benzene rings is 2. The molecule has 7 nitrogen and oxygen atoms in total. The minimum atomic E-state index is -0.392. The molecule has 0 saturated heterocycles. The number of nitrogens with zero attached hydrogens (tertiary/aromatic N) is 4. The van der Waals surface area contributed by atoms with Gasteiger partial charge in [-0.05, 0) is 42.4 Å². The molecule has 2 aromatic heterocycles. The Balaban J connectivity index is 2.07. The zero-order valence-corrected chi connectivity index (χ0v) is 16.4. The lowest BCUT2D eigenvalue weighted by atomic mass is 10.0. The molecule has 148 valence electrons. The highest BCUT2D eigenvalue weighted by Crippen LogP contribution is 2.36. The number of fused-ring (bicyclic) bond motifs is 1. The zero-order chi connectivity index (χ0) is 21.3. The molecule has 1 N–H and O–H groups in total. The van der Waals surface area contributed by atoms with Gasteiger partial charge in [0.05, 0.1) is 28.7 Å². The minimum absolute atomic E-state index is 0.162. The van der Waals surface area contributed by atoms with Crippen molar-refractivity contribution in [2.24, 2.45) is 10.2 Å². The summed E-state index contributed by atoms with van der Waals surface area (Å²) in [6.45, 7) is 3.23. The first-order chi connectivity index (χ1) is 14.5. The summed E-state index contributed by atoms with van der Waals surface area (Å²) < 4.78 is 1.16. The van der Waals surface area contributed by atoms with Gasteiger partial charge in [0, 0.05) is 23.6 Å². The van der Waals surface area contributed by atoms with E-state index in [4.69, 9.17) is 4.99 Å². The van der Waals surface area contributed by atoms with Crippen molar-refractivity contribution in [2.45, 2.75) is 13.8 Å². The molecule has 0 aliphatic heterocycles. The van der Waals surface area contributed by atoms with E-state index in [1.54, 1.807) is 18.3 Å². The molecule has 2 heterocycles. The van der Waals surface area contributed by atoms with E-state index in [9.17, 15) is 14.8 Å². The molecule has 0 atom stereocenters. The molecule has 0 amide bonds. The number of carbonyl (C=O) groups excluding carboxylic acids is 1. The fourth-order valence-corrected chi connectivity index (χ4v) is 3.39. The van der Waals surface area contributed by atoms with Gasteiger partial charge in [0.15, 0.2) is 0 Å². The number of rotatable bonds is 4. The van der Waals surface area contributed by atoms with Crippen LogP contribution in [0.25, 0.3) is 10.9 Å². The van der Waals surface area contributed by atoms with Gasteiger partial charge >= 0.3 is 0 Å². The maximum atomic E-state index is 12.3. The van der Waals surface area contributed by atoms with Gasteiger partial charge in [0.1, 0.15) is 5.69 Å². The third kappa shape index (κ3) is 3.37. The lowest BCUT2D eigenvalue weighted by molar-refractivity contribution is 0.0933. The highest BCUT2D eigenvalue weighted by Gasteiger charge is 2.24. The first kappa shape index (κ1) is 19.2. The molecule has 0 aliphatic rings. The van der Waals surface area contributed by atoms with E-state index in [0.717, 1.165) is 15.8 Å². The molecule has 0 bridgehead atoms. The van der Waals surface area contributed by atoms with Gasteiger partial charge in [-0.1, -0.05) is 30.3 Å². The molecule has 0 aliphatic carbocycles. The number of nitroso groups, excluding NO2 is 1. The van der Waals surface area contributed by atoms with Crippen molar-refractivity contribution in [3.63, 3.8) is 0 Å². The number of pyridine rings is 1. The molecular formula is C23H18N4O3. The fourth-order valence-electron chi connectivity index (χ4n) is 3.39. The van der Waals surface area contributed by atoms with Crippen molar-refractivity contribution in [3.05, 3.63) is 88.6 Å². The standard InChI is InChI=1S/C23H18N4O3/c1-14-8-9-18(13-24-14)25-22(16-6-4-3-5-7-16)21-19-11-10-17(26-30)12-20(19)27(15(2)28)23(21)29/h3-13,29H,1-2H3. The topological polar surface area (TPSA) is 96.9 Å². The van der Waals surface area contributed by atoms with E-state index < -0.39 is 5.91 Å². The molecular weight excluding hydrogens is 380 g/mol. The summed E-state index contributed by atoms with van der Waals surface area (Å²) in [6.07, 6.45) is 1.65. The Morgan fingerprint density at radius 3 is 2.40 bits per heavy atom. The first-order valence-corrected chi connectivity index (χ1v) is 9.28. The number of aromatic hydroxyl groups is 1. The highest BCUT2D eigenvalue weighted by atomic mass is 16.3. The Hall–Kier alpha value is -4.13. The van der Waals surface area contributed by atoms with E-state index in [0.29, 0.717) is 27.9 Å². The normalized spacial score (nSPS) is 11.6. The van der Waals surface area contributed by atoms with Crippen LogP contribution in [0.5, 0.6) is 5.88 Å². The van der Waals surface area contributed by atoms with E-state index in [2.05, 4.69) is 10.2 Å². The second-order valence-corrected chi connectivity index (χ2v) is 6.83. The number of hydrogen-bond acceptors (Lipinski definition) is 6. The van der Waals surface area contributed by atoms with Crippen LogP contribution in [0.3, 0.4) is 0 Å². The number of aryl methyl sites for hydroxylation is 1. The fraction of sp³-hybridized carbons (Fsp3) is 0.0870. The van der Waals surface area contributed by atoms with Crippen LogP contribution in [0.2, 0.25) is 0 Å². The van der Waals surface area contributed by atoms with Crippen LogP contribution in [0.4, 0.5) is 11.4 Å². The van der Waals surface area contributed by atoms with E-state index in [1.807, 2.05) is 49.4 Å². The maximum Gasteiger partial charge on any atom is 0.230 e. The second-order valence-electron chi connectivity index (χ2n) is 6.83. The van der Waals surface area contributed by atoms with Crippen LogP contribution >= 0.6 is 0 Å². The molecule has 0 unspecified atom stereocenters. The van der Waals surface area contributed by atoms with Crippen LogP contribution in [0.15, 0.2) is 77.0 Å². The Morgan fingerprint density at radius 2 is 1.77 bits per heavy atom. The molecule has 2 aromatic carbocycles. The summed E-state index contributed by atoms with van der Waals surface area (Å²) in [5.74, 6) is -0.639. The van der Waals surface area contributed by atoms with Crippen LogP contribution < -0.4 is 0 Å². The van der Waals surface area contributed by atoms with Crippen molar-refractivity contribution in [1.29, 1.82) is 0 Å². The van der Waals surface area contributed by atoms with Crippen molar-refractivity contribution in [2.75, 3.05) is 0 Å². The van der Waals surface area contributed by atoms with Crippen LogP contribution in [0, 0.1) is 11.8 Å². The summed E-state index contributed by atoms with van der Waals surface area (Å²) in [5, 5.41) is 14.6. The second kappa shape index (κ2) is 7.71. The predicted octanol–water partition coefficient (Wildman–Crippen LogP) is 5.28. The Labute approximate surface area is 172 Å². The van der Waals surface area contributed by atoms with Gasteiger partial charge in [-0.15, -0.1) is 4.91 Å². The number of aliphatic imine (C=N–C) groups is 1. The molecule has 0 saturated carbocycles. The third-order valence-electron chi connectivity index (χ3n) is 4.77. The van der Waals surface area contributed by atoms with E-state index >= 15 is 0 Å². The number of aromatic nitrogens is 2. The first-order valence-electron chi connectivity index (χ1n) is 9.28. The van der Waals surface area contributed by atoms with Crippen LogP contribution in [-0.2, 0) is 0 Å². The van der Waals surface area contributed by atoms with Crippen LogP contribution in [-0.4, -0.2) is 26.3 Å². The Bertz CT molecular complexity index is 1290. The van der Waals surface area contributed by atoms with Crippen molar-refractivity contribution in [1.82, 2.24) is 9.55 Å². The molecule has 4 rings (SSSR count). The van der Waals surface area contributed by atoms with Crippen molar-refractivity contribution in [3.8, 4) is 5.88 Å². The predicted molar refractivity (Wildman–Crippen MR) is 116 cm³/mol. The van der Waals surface area contributed by atoms with E-state index in [1.165, 1.54) is 13.0 Å². The van der Waals surface area contributed by atoms with Gasteiger partial charge in [-0.25, -0.2) is 4.99 Å². The largest absolute Gasteiger partial charge is 0.494 e. The average Bonchev–Trinajstić information content (AvgIpc) is 3.05. The van der Waals surface area contributed by atoms with E-state index in [-0.39, 0.29) is 11.6 Å². The maximum absolute atomic E-state index is 12.3. The monoisotopic (exact) mass is 398 g/mol. The summed E-state index contributed by atoms with van der Waals surface area (Å²) in [6, 6.07) is 17.7. The van der Waals surface area contributed by atoms with Gasteiger partial charge in [0.2, 0.25) is 11.8 Å². The summed E-state index contributed by atoms with van der Waals surface area (Å²) in [5.41, 5.74) is 3.65. The van der Waals surface area contributed by atoms with Crippen molar-refractivity contribution < 1.29 is 9.90 Å². The lowest BCUT2D eigenvalue weighted by Gasteiger charge is -2.08. The molecule has 30 heavy (non-hydrogen) atoms. The SMILES string of the molecule is CC(=O)n1c(O)c(C(=Nc2ccc(C)nc2)c2ccccc2)c2ccc(N=O)cc21. The summed E-state index contributed by atoms with van der Waals surface area (Å²) in [7, 11) is 0. The van der Waals surface area contributed by atoms with Crippen molar-refractivity contribution >= 4 is 33.9 Å². The van der Waals surface area contributed by atoms with Gasteiger partial charge in [-0.2, -0.15) is 0 Å². The highest BCUT2D eigenvalue weighted by molar-refractivity contribution is 6.23. The summed E-state index contributed by atoms with van der Waals surface area (Å²) in [4.78, 5) is 32.3. The lowest BCUT2D eigenvalue weighted by Crippen LogP contribution is -2.06. The molecule has 0 fully saturated rings. The Kier molecular flexibility index (Phi) is 4.93. The van der Waals surface area contributed by atoms with Gasteiger partial charge < -0.3 is 5.11 Å². The number of carbonyl (C=O) groups is 1. The molecule has 0 spiro atoms. The van der Waals surface area contributed by atoms with Crippen LogP contribution in [0.1, 0.15) is 28.5 Å².